The second kappa shape index (κ2) is 7.87. The second-order valence-electron chi connectivity index (χ2n) is 5.49. The van der Waals surface area contributed by atoms with E-state index in [9.17, 15) is 0 Å². The zero-order valence-corrected chi connectivity index (χ0v) is 13.2. The van der Waals surface area contributed by atoms with Crippen LogP contribution < -0.4 is 10.2 Å². The van der Waals surface area contributed by atoms with Crippen molar-refractivity contribution in [2.75, 3.05) is 31.7 Å². The van der Waals surface area contributed by atoms with Crippen LogP contribution in [0.2, 0.25) is 5.02 Å². The summed E-state index contributed by atoms with van der Waals surface area (Å²) in [6.45, 7) is 5.83. The molecule has 1 fully saturated rings. The van der Waals surface area contributed by atoms with Crippen molar-refractivity contribution >= 4 is 17.3 Å². The average Bonchev–Trinajstić information content (AvgIpc) is 2.45. The normalized spacial score (nSPS) is 19.4. The Labute approximate surface area is 127 Å². The summed E-state index contributed by atoms with van der Waals surface area (Å²) >= 11 is 6.47. The van der Waals surface area contributed by atoms with E-state index in [2.05, 4.69) is 35.3 Å². The lowest BCUT2D eigenvalue weighted by Crippen LogP contribution is -2.37. The van der Waals surface area contributed by atoms with Crippen LogP contribution in [0, 0.1) is 0 Å². The molecule has 20 heavy (non-hydrogen) atoms. The number of piperidine rings is 1. The largest absolute Gasteiger partial charge is 0.383 e. The van der Waals surface area contributed by atoms with Gasteiger partial charge in [0, 0.05) is 32.8 Å². The molecule has 112 valence electrons. The summed E-state index contributed by atoms with van der Waals surface area (Å²) in [6, 6.07) is 7.00. The van der Waals surface area contributed by atoms with Crippen molar-refractivity contribution in [1.29, 1.82) is 0 Å². The molecule has 0 amide bonds. The molecule has 3 nitrogen and oxygen atoms in total. The molecule has 0 saturated carbocycles. The molecule has 4 heteroatoms. The van der Waals surface area contributed by atoms with Crippen LogP contribution in [0.5, 0.6) is 0 Å². The van der Waals surface area contributed by atoms with Gasteiger partial charge in [-0.25, -0.2) is 0 Å². The van der Waals surface area contributed by atoms with Crippen LogP contribution in [0.1, 0.15) is 31.7 Å². The number of anilines is 1. The Morgan fingerprint density at radius 2 is 2.25 bits per heavy atom. The van der Waals surface area contributed by atoms with Gasteiger partial charge in [0.05, 0.1) is 17.3 Å². The van der Waals surface area contributed by atoms with Crippen LogP contribution in [0.4, 0.5) is 5.69 Å². The molecule has 1 atom stereocenters. The second-order valence-corrected chi connectivity index (χ2v) is 5.90. The molecule has 1 aliphatic rings. The van der Waals surface area contributed by atoms with Gasteiger partial charge in [0.2, 0.25) is 0 Å². The first kappa shape index (κ1) is 15.6. The minimum atomic E-state index is 0.590. The lowest BCUT2D eigenvalue weighted by Gasteiger charge is -2.36. The molecule has 1 N–H and O–H groups in total. The van der Waals surface area contributed by atoms with Gasteiger partial charge in [0.1, 0.15) is 0 Å². The third-order valence-electron chi connectivity index (χ3n) is 3.94. The molecule has 1 unspecified atom stereocenters. The van der Waals surface area contributed by atoms with E-state index in [0.717, 1.165) is 31.3 Å². The topological polar surface area (TPSA) is 24.5 Å². The van der Waals surface area contributed by atoms with E-state index < -0.39 is 0 Å². The molecular weight excluding hydrogens is 272 g/mol. The predicted molar refractivity (Wildman–Crippen MR) is 85.7 cm³/mol. The fourth-order valence-electron chi connectivity index (χ4n) is 2.76. The fourth-order valence-corrected chi connectivity index (χ4v) is 3.07. The van der Waals surface area contributed by atoms with E-state index in [1.807, 2.05) is 0 Å². The zero-order valence-electron chi connectivity index (χ0n) is 12.5. The van der Waals surface area contributed by atoms with Crippen molar-refractivity contribution in [2.45, 2.75) is 38.8 Å². The maximum atomic E-state index is 6.47. The molecule has 1 aliphatic heterocycles. The average molecular weight is 297 g/mol. The lowest BCUT2D eigenvalue weighted by molar-refractivity contribution is 0.199. The number of nitrogens with zero attached hydrogens (tertiary/aromatic N) is 1. The number of hydrogen-bond donors (Lipinski definition) is 1. The highest BCUT2D eigenvalue weighted by Crippen LogP contribution is 2.31. The summed E-state index contributed by atoms with van der Waals surface area (Å²) in [7, 11) is 1.72. The van der Waals surface area contributed by atoms with Gasteiger partial charge in [0.25, 0.3) is 0 Å². The highest BCUT2D eigenvalue weighted by Gasteiger charge is 2.20. The SMILES string of the molecule is COCCNCc1ccc(N2CCCCC2C)c(Cl)c1. The van der Waals surface area contributed by atoms with Crippen molar-refractivity contribution in [1.82, 2.24) is 5.32 Å². The number of ether oxygens (including phenoxy) is 1. The fraction of sp³-hybridized carbons (Fsp3) is 0.625. The molecule has 1 heterocycles. The van der Waals surface area contributed by atoms with Crippen LogP contribution in [0.25, 0.3) is 0 Å². The number of rotatable bonds is 6. The van der Waals surface area contributed by atoms with Crippen LogP contribution in [0.15, 0.2) is 18.2 Å². The minimum absolute atomic E-state index is 0.590. The van der Waals surface area contributed by atoms with Gasteiger partial charge in [-0.2, -0.15) is 0 Å². The van der Waals surface area contributed by atoms with Gasteiger partial charge < -0.3 is 15.0 Å². The maximum absolute atomic E-state index is 6.47. The van der Waals surface area contributed by atoms with Gasteiger partial charge in [-0.05, 0) is 43.9 Å². The predicted octanol–water partition coefficient (Wildman–Crippen LogP) is 3.45. The highest BCUT2D eigenvalue weighted by atomic mass is 35.5. The van der Waals surface area contributed by atoms with Crippen LogP contribution in [0.3, 0.4) is 0 Å². The Hall–Kier alpha value is -0.770. The summed E-state index contributed by atoms with van der Waals surface area (Å²) < 4.78 is 5.02. The molecular formula is C16H25ClN2O. The number of nitrogens with one attached hydrogen (secondary N) is 1. The Balaban J connectivity index is 1.98. The smallest absolute Gasteiger partial charge is 0.0642 e. The van der Waals surface area contributed by atoms with Crippen molar-refractivity contribution in [3.8, 4) is 0 Å². The lowest BCUT2D eigenvalue weighted by atomic mass is 10.0. The quantitative estimate of drug-likeness (QED) is 0.814. The maximum Gasteiger partial charge on any atom is 0.0642 e. The van der Waals surface area contributed by atoms with Crippen molar-refractivity contribution < 1.29 is 4.74 Å². The van der Waals surface area contributed by atoms with Crippen molar-refractivity contribution in [2.24, 2.45) is 0 Å². The van der Waals surface area contributed by atoms with Crippen molar-refractivity contribution in [3.05, 3.63) is 28.8 Å². The molecule has 1 saturated heterocycles. The van der Waals surface area contributed by atoms with Gasteiger partial charge in [0.15, 0.2) is 0 Å². The van der Waals surface area contributed by atoms with Crippen LogP contribution in [-0.2, 0) is 11.3 Å². The number of benzene rings is 1. The molecule has 0 aliphatic carbocycles. The molecule has 2 rings (SSSR count). The van der Waals surface area contributed by atoms with E-state index in [1.165, 1.54) is 30.5 Å². The third kappa shape index (κ3) is 4.11. The standard InChI is InChI=1S/C16H25ClN2O/c1-13-5-3-4-9-19(13)16-7-6-14(11-15(16)17)12-18-8-10-20-2/h6-7,11,13,18H,3-5,8-10,12H2,1-2H3. The van der Waals surface area contributed by atoms with E-state index in [-0.39, 0.29) is 0 Å². The summed E-state index contributed by atoms with van der Waals surface area (Å²) in [5.41, 5.74) is 2.40. The molecule has 0 bridgehead atoms. The van der Waals surface area contributed by atoms with E-state index in [4.69, 9.17) is 16.3 Å². The first-order chi connectivity index (χ1) is 9.72. The highest BCUT2D eigenvalue weighted by molar-refractivity contribution is 6.33. The van der Waals surface area contributed by atoms with E-state index in [0.29, 0.717) is 6.04 Å². The zero-order chi connectivity index (χ0) is 14.4. The third-order valence-corrected chi connectivity index (χ3v) is 4.24. The first-order valence-corrected chi connectivity index (χ1v) is 7.85. The van der Waals surface area contributed by atoms with Crippen molar-refractivity contribution in [3.63, 3.8) is 0 Å². The summed E-state index contributed by atoms with van der Waals surface area (Å²) in [6.07, 6.45) is 3.86. The summed E-state index contributed by atoms with van der Waals surface area (Å²) in [5, 5.41) is 4.21. The molecule has 0 aromatic heterocycles. The van der Waals surface area contributed by atoms with E-state index >= 15 is 0 Å². The van der Waals surface area contributed by atoms with Gasteiger partial charge in [-0.15, -0.1) is 0 Å². The number of halogens is 1. The molecule has 0 radical (unpaired) electrons. The summed E-state index contributed by atoms with van der Waals surface area (Å²) in [5.74, 6) is 0. The number of hydrogen-bond acceptors (Lipinski definition) is 3. The Bertz CT molecular complexity index is 425. The minimum Gasteiger partial charge on any atom is -0.383 e. The van der Waals surface area contributed by atoms with Gasteiger partial charge in [-0.1, -0.05) is 17.7 Å². The monoisotopic (exact) mass is 296 g/mol. The van der Waals surface area contributed by atoms with Gasteiger partial charge >= 0.3 is 0 Å². The molecule has 1 aromatic rings. The van der Waals surface area contributed by atoms with Crippen LogP contribution >= 0.6 is 11.6 Å². The van der Waals surface area contributed by atoms with Crippen LogP contribution in [-0.4, -0.2) is 32.8 Å². The Kier molecular flexibility index (Phi) is 6.14. The van der Waals surface area contributed by atoms with E-state index in [1.54, 1.807) is 7.11 Å². The van der Waals surface area contributed by atoms with Gasteiger partial charge in [-0.3, -0.25) is 0 Å². The Morgan fingerprint density at radius 3 is 2.95 bits per heavy atom. The summed E-state index contributed by atoms with van der Waals surface area (Å²) in [4.78, 5) is 2.44. The Morgan fingerprint density at radius 1 is 1.40 bits per heavy atom. The molecule has 1 aromatic carbocycles. The number of methoxy groups -OCH3 is 1. The first-order valence-electron chi connectivity index (χ1n) is 7.47. The molecule has 0 spiro atoms.